The highest BCUT2D eigenvalue weighted by Crippen LogP contribution is 2.32. The average Bonchev–Trinajstić information content (AvgIpc) is 2.47. The molecule has 2 amide bonds. The summed E-state index contributed by atoms with van der Waals surface area (Å²) >= 11 is 6.07. The first-order valence-corrected chi connectivity index (χ1v) is 8.59. The summed E-state index contributed by atoms with van der Waals surface area (Å²) in [4.78, 5) is 14.2. The minimum atomic E-state index is -0.143. The molecule has 1 N–H and O–H groups in total. The van der Waals surface area contributed by atoms with Crippen molar-refractivity contribution >= 4 is 23.3 Å². The number of anilines is 1. The molecule has 1 saturated carbocycles. The zero-order valence-electron chi connectivity index (χ0n) is 13.4. The summed E-state index contributed by atoms with van der Waals surface area (Å²) in [6.45, 7) is 4.40. The number of ether oxygens (including phenoxy) is 2. The van der Waals surface area contributed by atoms with E-state index in [2.05, 4.69) is 5.32 Å². The van der Waals surface area contributed by atoms with Gasteiger partial charge in [0, 0.05) is 18.1 Å². The average molecular weight is 339 g/mol. The fourth-order valence-corrected chi connectivity index (χ4v) is 2.96. The Labute approximate surface area is 141 Å². The van der Waals surface area contributed by atoms with Gasteiger partial charge in [0.2, 0.25) is 0 Å². The van der Waals surface area contributed by atoms with Crippen molar-refractivity contribution in [2.24, 2.45) is 5.92 Å². The van der Waals surface area contributed by atoms with E-state index in [1.807, 2.05) is 13.0 Å². The van der Waals surface area contributed by atoms with Crippen LogP contribution < -0.4 is 10.1 Å². The zero-order chi connectivity index (χ0) is 16.2. The molecule has 6 heteroatoms. The highest BCUT2D eigenvalue weighted by molar-refractivity contribution is 6.31. The van der Waals surface area contributed by atoms with Crippen molar-refractivity contribution in [1.82, 2.24) is 4.90 Å². The number of carbonyl (C=O) groups excluding carboxylic acids is 1. The van der Waals surface area contributed by atoms with Gasteiger partial charge < -0.3 is 19.7 Å². The molecule has 0 unspecified atom stereocenters. The van der Waals surface area contributed by atoms with Crippen LogP contribution in [0.25, 0.3) is 0 Å². The van der Waals surface area contributed by atoms with Crippen LogP contribution in [0.3, 0.4) is 0 Å². The second kappa shape index (κ2) is 7.41. The SMILES string of the molecule is C[C@H]1CN(C(=O)Nc2cc(Cl)ccc2OCC2CCC2)CCO1. The van der Waals surface area contributed by atoms with Gasteiger partial charge in [0.15, 0.2) is 0 Å². The number of rotatable bonds is 4. The van der Waals surface area contributed by atoms with E-state index in [9.17, 15) is 4.79 Å². The Hall–Kier alpha value is -1.46. The maximum absolute atomic E-state index is 12.4. The van der Waals surface area contributed by atoms with Gasteiger partial charge in [-0.2, -0.15) is 0 Å². The van der Waals surface area contributed by atoms with Gasteiger partial charge in [-0.05, 0) is 43.9 Å². The minimum absolute atomic E-state index is 0.0585. The minimum Gasteiger partial charge on any atom is -0.491 e. The highest BCUT2D eigenvalue weighted by Gasteiger charge is 2.23. The van der Waals surface area contributed by atoms with Crippen molar-refractivity contribution < 1.29 is 14.3 Å². The number of benzene rings is 1. The van der Waals surface area contributed by atoms with Gasteiger partial charge in [-0.3, -0.25) is 0 Å². The standard InChI is InChI=1S/C17H23ClN2O3/c1-12-10-20(7-8-22-12)17(21)19-15-9-14(18)5-6-16(15)23-11-13-3-2-4-13/h5-6,9,12-13H,2-4,7-8,10-11H2,1H3,(H,19,21)/t12-/m0/s1. The van der Waals surface area contributed by atoms with Crippen LogP contribution in [0, 0.1) is 5.92 Å². The first-order chi connectivity index (χ1) is 11.1. The maximum Gasteiger partial charge on any atom is 0.322 e. The largest absolute Gasteiger partial charge is 0.491 e. The topological polar surface area (TPSA) is 50.8 Å². The van der Waals surface area contributed by atoms with E-state index in [1.54, 1.807) is 17.0 Å². The molecule has 3 rings (SSSR count). The highest BCUT2D eigenvalue weighted by atomic mass is 35.5. The Morgan fingerprint density at radius 2 is 2.30 bits per heavy atom. The van der Waals surface area contributed by atoms with E-state index >= 15 is 0 Å². The van der Waals surface area contributed by atoms with Crippen molar-refractivity contribution in [3.8, 4) is 5.75 Å². The fourth-order valence-electron chi connectivity index (χ4n) is 2.79. The summed E-state index contributed by atoms with van der Waals surface area (Å²) in [6.07, 6.45) is 3.79. The number of morpholine rings is 1. The van der Waals surface area contributed by atoms with Crippen molar-refractivity contribution in [1.29, 1.82) is 0 Å². The van der Waals surface area contributed by atoms with Gasteiger partial charge in [0.1, 0.15) is 5.75 Å². The van der Waals surface area contributed by atoms with Crippen molar-refractivity contribution in [3.05, 3.63) is 23.2 Å². The van der Waals surface area contributed by atoms with Crippen molar-refractivity contribution in [2.75, 3.05) is 31.6 Å². The van der Waals surface area contributed by atoms with E-state index in [0.29, 0.717) is 48.7 Å². The van der Waals surface area contributed by atoms with Gasteiger partial charge in [-0.1, -0.05) is 18.0 Å². The Balaban J connectivity index is 1.64. The van der Waals surface area contributed by atoms with Gasteiger partial charge in [-0.15, -0.1) is 0 Å². The Kier molecular flexibility index (Phi) is 5.28. The van der Waals surface area contributed by atoms with E-state index in [0.717, 1.165) is 0 Å². The molecule has 1 aliphatic carbocycles. The second-order valence-corrected chi connectivity index (χ2v) is 6.74. The van der Waals surface area contributed by atoms with Crippen LogP contribution in [0.1, 0.15) is 26.2 Å². The van der Waals surface area contributed by atoms with Crippen LogP contribution in [0.4, 0.5) is 10.5 Å². The number of halogens is 1. The molecule has 23 heavy (non-hydrogen) atoms. The van der Waals surface area contributed by atoms with Crippen molar-refractivity contribution in [2.45, 2.75) is 32.3 Å². The Bertz CT molecular complexity index is 563. The van der Waals surface area contributed by atoms with E-state index < -0.39 is 0 Å². The lowest BCUT2D eigenvalue weighted by atomic mass is 9.86. The predicted octanol–water partition coefficient (Wildman–Crippen LogP) is 3.77. The lowest BCUT2D eigenvalue weighted by molar-refractivity contribution is -0.00139. The summed E-state index contributed by atoms with van der Waals surface area (Å²) in [7, 11) is 0. The van der Waals surface area contributed by atoms with Crippen LogP contribution in [0.2, 0.25) is 5.02 Å². The van der Waals surface area contributed by atoms with Gasteiger partial charge in [0.05, 0.1) is 25.0 Å². The normalized spacial score (nSPS) is 21.7. The van der Waals surface area contributed by atoms with E-state index in [-0.39, 0.29) is 12.1 Å². The number of nitrogens with one attached hydrogen (secondary N) is 1. The number of amides is 2. The molecule has 126 valence electrons. The van der Waals surface area contributed by atoms with Gasteiger partial charge >= 0.3 is 6.03 Å². The quantitative estimate of drug-likeness (QED) is 0.909. The smallest absolute Gasteiger partial charge is 0.322 e. The zero-order valence-corrected chi connectivity index (χ0v) is 14.1. The molecule has 5 nitrogen and oxygen atoms in total. The molecule has 1 aromatic rings. The molecule has 0 spiro atoms. The van der Waals surface area contributed by atoms with Crippen LogP contribution in [-0.2, 0) is 4.74 Å². The first kappa shape index (κ1) is 16.4. The molecular formula is C17H23ClN2O3. The monoisotopic (exact) mass is 338 g/mol. The summed E-state index contributed by atoms with van der Waals surface area (Å²) < 4.78 is 11.4. The summed E-state index contributed by atoms with van der Waals surface area (Å²) in [6, 6.07) is 5.19. The molecule has 2 aliphatic rings. The number of nitrogens with zero attached hydrogens (tertiary/aromatic N) is 1. The molecule has 0 aromatic heterocycles. The second-order valence-electron chi connectivity index (χ2n) is 6.31. The molecular weight excluding hydrogens is 316 g/mol. The van der Waals surface area contributed by atoms with Gasteiger partial charge in [0.25, 0.3) is 0 Å². The van der Waals surface area contributed by atoms with E-state index in [1.165, 1.54) is 19.3 Å². The molecule has 1 atom stereocenters. The fraction of sp³-hybridized carbons (Fsp3) is 0.588. The summed E-state index contributed by atoms with van der Waals surface area (Å²) in [5, 5.41) is 3.50. The molecule has 1 heterocycles. The molecule has 0 bridgehead atoms. The van der Waals surface area contributed by atoms with Crippen LogP contribution >= 0.6 is 11.6 Å². The predicted molar refractivity (Wildman–Crippen MR) is 90.3 cm³/mol. The molecule has 1 aliphatic heterocycles. The van der Waals surface area contributed by atoms with Crippen LogP contribution in [0.15, 0.2) is 18.2 Å². The van der Waals surface area contributed by atoms with Gasteiger partial charge in [-0.25, -0.2) is 4.79 Å². The third-order valence-electron chi connectivity index (χ3n) is 4.41. The number of carbonyl (C=O) groups is 1. The Morgan fingerprint density at radius 3 is 3.00 bits per heavy atom. The number of hydrogen-bond donors (Lipinski definition) is 1. The third kappa shape index (κ3) is 4.30. The van der Waals surface area contributed by atoms with Crippen LogP contribution in [-0.4, -0.2) is 43.3 Å². The maximum atomic E-state index is 12.4. The lowest BCUT2D eigenvalue weighted by Gasteiger charge is -2.31. The number of hydrogen-bond acceptors (Lipinski definition) is 3. The number of urea groups is 1. The van der Waals surface area contributed by atoms with Crippen LogP contribution in [0.5, 0.6) is 5.75 Å². The lowest BCUT2D eigenvalue weighted by Crippen LogP contribution is -2.46. The first-order valence-electron chi connectivity index (χ1n) is 8.21. The molecule has 1 aromatic carbocycles. The molecule has 0 radical (unpaired) electrons. The van der Waals surface area contributed by atoms with E-state index in [4.69, 9.17) is 21.1 Å². The molecule has 2 fully saturated rings. The molecule has 1 saturated heterocycles. The Morgan fingerprint density at radius 1 is 1.48 bits per heavy atom. The van der Waals surface area contributed by atoms with Crippen molar-refractivity contribution in [3.63, 3.8) is 0 Å². The summed E-state index contributed by atoms with van der Waals surface area (Å²) in [5.74, 6) is 1.31. The third-order valence-corrected chi connectivity index (χ3v) is 4.65. The summed E-state index contributed by atoms with van der Waals surface area (Å²) in [5.41, 5.74) is 0.626.